The Labute approximate surface area is 148 Å². The van der Waals surface area contributed by atoms with Gasteiger partial charge in [0.25, 0.3) is 11.4 Å². The van der Waals surface area contributed by atoms with Gasteiger partial charge >= 0.3 is 7.82 Å². The lowest BCUT2D eigenvalue weighted by molar-refractivity contribution is -0.385. The first kappa shape index (κ1) is 19.4. The Balaban J connectivity index is 2.25. The molecule has 0 unspecified atom stereocenters. The molecule has 0 spiro atoms. The normalized spacial score (nSPS) is 11.0. The second-order valence-electron chi connectivity index (χ2n) is 5.22. The summed E-state index contributed by atoms with van der Waals surface area (Å²) in [5.41, 5.74) is 0.385. The summed E-state index contributed by atoms with van der Waals surface area (Å²) in [5, 5.41) is 21.7. The molecule has 0 aromatic heterocycles. The lowest BCUT2D eigenvalue weighted by Gasteiger charge is -2.17. The molecule has 2 aromatic carbocycles. The highest BCUT2D eigenvalue weighted by atomic mass is 31.2. The minimum atomic E-state index is -4.10. The Morgan fingerprint density at radius 1 is 0.846 bits per heavy atom. The maximum atomic E-state index is 12.6. The van der Waals surface area contributed by atoms with Gasteiger partial charge < -0.3 is 9.05 Å². The molecule has 0 heterocycles. The fourth-order valence-electron chi connectivity index (χ4n) is 2.13. The number of phosphoric ester groups is 1. The Morgan fingerprint density at radius 3 is 1.50 bits per heavy atom. The SMILES string of the molecule is COP(=O)(Oc1ccc([N+](=O)[O-])c(C)c1)Oc1ccc([N+](=O)[O-])c(C)c1. The van der Waals surface area contributed by atoms with E-state index >= 15 is 0 Å². The van der Waals surface area contributed by atoms with E-state index < -0.39 is 17.7 Å². The molecule has 0 amide bonds. The molecule has 26 heavy (non-hydrogen) atoms. The van der Waals surface area contributed by atoms with Gasteiger partial charge in [-0.25, -0.2) is 4.57 Å². The zero-order valence-corrected chi connectivity index (χ0v) is 15.0. The maximum absolute atomic E-state index is 12.6. The van der Waals surface area contributed by atoms with Crippen LogP contribution in [-0.2, 0) is 9.09 Å². The third kappa shape index (κ3) is 4.35. The van der Waals surface area contributed by atoms with E-state index in [1.54, 1.807) is 0 Å². The molecule has 0 aliphatic carbocycles. The van der Waals surface area contributed by atoms with E-state index in [1.165, 1.54) is 50.2 Å². The van der Waals surface area contributed by atoms with Crippen molar-refractivity contribution in [1.29, 1.82) is 0 Å². The minimum Gasteiger partial charge on any atom is -0.395 e. The van der Waals surface area contributed by atoms with Gasteiger partial charge in [0.1, 0.15) is 11.5 Å². The second kappa shape index (κ2) is 7.51. The second-order valence-corrected chi connectivity index (χ2v) is 6.85. The number of aryl methyl sites for hydroxylation is 2. The van der Waals surface area contributed by atoms with Crippen LogP contribution in [0.2, 0.25) is 0 Å². The van der Waals surface area contributed by atoms with E-state index in [2.05, 4.69) is 0 Å². The molecule has 10 nitrogen and oxygen atoms in total. The van der Waals surface area contributed by atoms with Crippen LogP contribution in [0, 0.1) is 34.1 Å². The molecule has 0 fully saturated rings. The predicted octanol–water partition coefficient (Wildman–Crippen LogP) is 4.33. The summed E-state index contributed by atoms with van der Waals surface area (Å²) in [4.78, 5) is 20.6. The quantitative estimate of drug-likeness (QED) is 0.393. The monoisotopic (exact) mass is 382 g/mol. The molecule has 2 rings (SSSR count). The third-order valence-corrected chi connectivity index (χ3v) is 4.70. The average molecular weight is 382 g/mol. The molecule has 0 N–H and O–H groups in total. The molecule has 0 saturated heterocycles. The Kier molecular flexibility index (Phi) is 5.59. The standard InChI is InChI=1S/C15H15N2O8P/c1-10-8-12(4-6-14(10)16(18)19)24-26(22,23-3)25-13-5-7-15(17(20)21)11(2)9-13/h4-9H,1-3H3. The number of hydrogen-bond donors (Lipinski definition) is 0. The predicted molar refractivity (Wildman–Crippen MR) is 91.5 cm³/mol. The lowest BCUT2D eigenvalue weighted by Crippen LogP contribution is -2.04. The zero-order chi connectivity index (χ0) is 19.5. The van der Waals surface area contributed by atoms with Crippen molar-refractivity contribution >= 4 is 19.2 Å². The van der Waals surface area contributed by atoms with Crippen LogP contribution >= 0.6 is 7.82 Å². The summed E-state index contributed by atoms with van der Waals surface area (Å²) >= 11 is 0. The number of rotatable bonds is 7. The molecule has 0 atom stereocenters. The van der Waals surface area contributed by atoms with Gasteiger partial charge in [-0.15, -0.1) is 0 Å². The van der Waals surface area contributed by atoms with E-state index in [0.717, 1.165) is 7.11 Å². The molecule has 0 radical (unpaired) electrons. The van der Waals surface area contributed by atoms with Crippen LogP contribution < -0.4 is 9.05 Å². The van der Waals surface area contributed by atoms with Gasteiger partial charge in [0.05, 0.1) is 9.85 Å². The van der Waals surface area contributed by atoms with E-state index in [0.29, 0.717) is 11.1 Å². The first-order valence-corrected chi connectivity index (χ1v) is 8.66. The van der Waals surface area contributed by atoms with Gasteiger partial charge in [-0.3, -0.25) is 24.8 Å². The topological polar surface area (TPSA) is 131 Å². The molecule has 0 saturated carbocycles. The highest BCUT2D eigenvalue weighted by Crippen LogP contribution is 2.49. The van der Waals surface area contributed by atoms with E-state index in [4.69, 9.17) is 13.6 Å². The number of phosphoric acid groups is 1. The van der Waals surface area contributed by atoms with E-state index in [9.17, 15) is 24.8 Å². The van der Waals surface area contributed by atoms with Crippen molar-refractivity contribution in [3.63, 3.8) is 0 Å². The van der Waals surface area contributed by atoms with Gasteiger partial charge in [-0.1, -0.05) is 0 Å². The van der Waals surface area contributed by atoms with Crippen molar-refractivity contribution in [1.82, 2.24) is 0 Å². The van der Waals surface area contributed by atoms with Crippen molar-refractivity contribution in [3.8, 4) is 11.5 Å². The van der Waals surface area contributed by atoms with Crippen molar-refractivity contribution < 1.29 is 28.0 Å². The number of hydrogen-bond acceptors (Lipinski definition) is 8. The third-order valence-electron chi connectivity index (χ3n) is 3.39. The van der Waals surface area contributed by atoms with Gasteiger partial charge in [0.15, 0.2) is 0 Å². The van der Waals surface area contributed by atoms with Crippen LogP contribution in [0.15, 0.2) is 36.4 Å². The van der Waals surface area contributed by atoms with Gasteiger partial charge in [0.2, 0.25) is 0 Å². The summed E-state index contributed by atoms with van der Waals surface area (Å²) in [5.74, 6) is 0.105. The van der Waals surface area contributed by atoms with Crippen LogP contribution in [0.4, 0.5) is 11.4 Å². The van der Waals surface area contributed by atoms with E-state index in [1.807, 2.05) is 0 Å². The summed E-state index contributed by atoms with van der Waals surface area (Å²) in [6.45, 7) is 3.01. The van der Waals surface area contributed by atoms with Crippen molar-refractivity contribution in [2.24, 2.45) is 0 Å². The van der Waals surface area contributed by atoms with Gasteiger partial charge in [-0.05, 0) is 38.1 Å². The Hall–Kier alpha value is -2.97. The number of nitro groups is 2. The molecule has 0 aliphatic heterocycles. The molecule has 0 bridgehead atoms. The van der Waals surface area contributed by atoms with Gasteiger partial charge in [0, 0.05) is 30.4 Å². The van der Waals surface area contributed by atoms with E-state index in [-0.39, 0.29) is 22.9 Å². The zero-order valence-electron chi connectivity index (χ0n) is 14.1. The van der Waals surface area contributed by atoms with Crippen LogP contribution in [-0.4, -0.2) is 17.0 Å². The first-order chi connectivity index (χ1) is 12.1. The Bertz CT molecular complexity index is 845. The van der Waals surface area contributed by atoms with Crippen LogP contribution in [0.5, 0.6) is 11.5 Å². The van der Waals surface area contributed by atoms with Crippen molar-refractivity contribution in [3.05, 3.63) is 67.8 Å². The highest BCUT2D eigenvalue weighted by Gasteiger charge is 2.30. The molecule has 0 aliphatic rings. The molecular formula is C15H15N2O8P. The lowest BCUT2D eigenvalue weighted by atomic mass is 10.2. The first-order valence-electron chi connectivity index (χ1n) is 7.20. The van der Waals surface area contributed by atoms with Crippen LogP contribution in [0.3, 0.4) is 0 Å². The van der Waals surface area contributed by atoms with Crippen LogP contribution in [0.1, 0.15) is 11.1 Å². The molecular weight excluding hydrogens is 367 g/mol. The molecule has 2 aromatic rings. The molecule has 11 heteroatoms. The summed E-state index contributed by atoms with van der Waals surface area (Å²) in [6.07, 6.45) is 0. The Morgan fingerprint density at radius 2 is 1.23 bits per heavy atom. The summed E-state index contributed by atoms with van der Waals surface area (Å²) in [7, 11) is -2.99. The highest BCUT2D eigenvalue weighted by molar-refractivity contribution is 7.49. The minimum absolute atomic E-state index is 0.0527. The van der Waals surface area contributed by atoms with Crippen molar-refractivity contribution in [2.75, 3.05) is 7.11 Å². The maximum Gasteiger partial charge on any atom is 0.587 e. The fourth-order valence-corrected chi connectivity index (χ4v) is 3.06. The summed E-state index contributed by atoms with van der Waals surface area (Å²) in [6, 6.07) is 7.60. The largest absolute Gasteiger partial charge is 0.587 e. The number of nitro benzene ring substituents is 2. The van der Waals surface area contributed by atoms with Crippen LogP contribution in [0.25, 0.3) is 0 Å². The number of benzene rings is 2. The fraction of sp³-hybridized carbons (Fsp3) is 0.200. The van der Waals surface area contributed by atoms with Gasteiger partial charge in [-0.2, -0.15) is 0 Å². The van der Waals surface area contributed by atoms with Crippen molar-refractivity contribution in [2.45, 2.75) is 13.8 Å². The smallest absolute Gasteiger partial charge is 0.395 e. The molecule has 138 valence electrons. The number of nitrogens with zero attached hydrogens (tertiary/aromatic N) is 2. The summed E-state index contributed by atoms with van der Waals surface area (Å²) < 4.78 is 28.0. The average Bonchev–Trinajstić information content (AvgIpc) is 2.54.